The van der Waals surface area contributed by atoms with Gasteiger partial charge in [0.15, 0.2) is 6.29 Å². The lowest BCUT2D eigenvalue weighted by Gasteiger charge is -2.40. The molecule has 1 saturated heterocycles. The zero-order valence-electron chi connectivity index (χ0n) is 50.2. The minimum Gasteiger partial charge on any atom is -0.394 e. The van der Waals surface area contributed by atoms with Gasteiger partial charge in [0.25, 0.3) is 0 Å². The molecule has 1 aliphatic heterocycles. The van der Waals surface area contributed by atoms with Crippen molar-refractivity contribution in [2.45, 2.75) is 352 Å². The van der Waals surface area contributed by atoms with Crippen LogP contribution in [0.2, 0.25) is 0 Å². The highest BCUT2D eigenvalue weighted by Crippen LogP contribution is 2.23. The molecule has 7 atom stereocenters. The molecule has 0 aromatic carbocycles. The number of unbranched alkanes of at least 4 members (excludes halogenated alkanes) is 37. The Bertz CT molecular complexity index is 1400. The molecule has 1 fully saturated rings. The molecule has 9 nitrogen and oxygen atoms in total. The largest absolute Gasteiger partial charge is 0.394 e. The number of allylic oxidation sites excluding steroid dienone is 10. The van der Waals surface area contributed by atoms with Gasteiger partial charge in [0.05, 0.1) is 25.4 Å². The number of aliphatic hydroxyl groups excluding tert-OH is 5. The highest BCUT2D eigenvalue weighted by molar-refractivity contribution is 5.76. The standard InChI is InChI=1S/C68H125NO8/c1-3-5-7-9-11-13-15-17-18-19-20-21-22-23-24-25-26-27-28-29-30-31-32-33-34-35-36-37-38-39-40-41-42-43-44-46-48-50-52-54-56-58-64(72)69-61(60-76-68-67(75)66(74)65(73)63(59-70)77-68)62(71)57-55-53-51-49-47-45-16-14-12-10-8-6-4-2/h5,7,11,13,17-18,20-21,23-24,61-63,65-68,70-71,73-75H,3-4,6,8-10,12,14-16,19,22,25-60H2,1-2H3,(H,69,72)/b7-5-,13-11-,18-17-,21-20-,24-23-. The average Bonchev–Trinajstić information content (AvgIpc) is 3.43. The van der Waals surface area contributed by atoms with Crippen LogP contribution in [0.5, 0.6) is 0 Å². The van der Waals surface area contributed by atoms with Gasteiger partial charge >= 0.3 is 0 Å². The molecule has 0 bridgehead atoms. The second-order valence-electron chi connectivity index (χ2n) is 22.9. The van der Waals surface area contributed by atoms with Crippen molar-refractivity contribution in [1.82, 2.24) is 5.32 Å². The number of ether oxygens (including phenoxy) is 2. The predicted octanol–water partition coefficient (Wildman–Crippen LogP) is 17.4. The van der Waals surface area contributed by atoms with Crippen molar-refractivity contribution in [2.24, 2.45) is 0 Å². The van der Waals surface area contributed by atoms with E-state index in [1.807, 2.05) is 0 Å². The maximum atomic E-state index is 13.1. The first-order chi connectivity index (χ1) is 37.8. The summed E-state index contributed by atoms with van der Waals surface area (Å²) in [6.45, 7) is 3.74. The minimum absolute atomic E-state index is 0.135. The first kappa shape index (κ1) is 72.9. The molecule has 6 N–H and O–H groups in total. The summed E-state index contributed by atoms with van der Waals surface area (Å²) in [6, 6.07) is -0.717. The van der Waals surface area contributed by atoms with Crippen LogP contribution in [-0.2, 0) is 14.3 Å². The monoisotopic (exact) mass is 1080 g/mol. The van der Waals surface area contributed by atoms with Gasteiger partial charge in [0.2, 0.25) is 5.91 Å². The molecule has 450 valence electrons. The highest BCUT2D eigenvalue weighted by Gasteiger charge is 2.44. The van der Waals surface area contributed by atoms with E-state index in [0.717, 1.165) is 70.6 Å². The Kier molecular flexibility index (Phi) is 54.1. The highest BCUT2D eigenvalue weighted by atomic mass is 16.7. The fraction of sp³-hybridized carbons (Fsp3) is 0.838. The molecule has 1 rings (SSSR count). The fourth-order valence-electron chi connectivity index (χ4n) is 10.5. The molecule has 1 heterocycles. The van der Waals surface area contributed by atoms with E-state index in [0.29, 0.717) is 12.8 Å². The van der Waals surface area contributed by atoms with E-state index in [1.165, 1.54) is 212 Å². The van der Waals surface area contributed by atoms with Crippen molar-refractivity contribution in [1.29, 1.82) is 0 Å². The van der Waals surface area contributed by atoms with Gasteiger partial charge < -0.3 is 40.3 Å². The summed E-state index contributed by atoms with van der Waals surface area (Å²) >= 11 is 0. The Morgan fingerprint density at radius 1 is 0.455 bits per heavy atom. The maximum absolute atomic E-state index is 13.1. The second kappa shape index (κ2) is 57.1. The van der Waals surface area contributed by atoms with Crippen LogP contribution in [0, 0.1) is 0 Å². The number of carbonyl (C=O) groups is 1. The van der Waals surface area contributed by atoms with Gasteiger partial charge in [-0.25, -0.2) is 0 Å². The van der Waals surface area contributed by atoms with Crippen LogP contribution >= 0.6 is 0 Å². The van der Waals surface area contributed by atoms with Crippen LogP contribution in [0.3, 0.4) is 0 Å². The summed E-state index contributed by atoms with van der Waals surface area (Å²) in [7, 11) is 0. The number of amides is 1. The van der Waals surface area contributed by atoms with Gasteiger partial charge in [0.1, 0.15) is 24.4 Å². The Balaban J connectivity index is 2.00. The van der Waals surface area contributed by atoms with Crippen LogP contribution in [0.15, 0.2) is 60.8 Å². The van der Waals surface area contributed by atoms with Crippen molar-refractivity contribution in [3.8, 4) is 0 Å². The summed E-state index contributed by atoms with van der Waals surface area (Å²) in [5.74, 6) is -0.140. The number of rotatable bonds is 57. The van der Waals surface area contributed by atoms with Crippen molar-refractivity contribution in [3.05, 3.63) is 60.8 Å². The number of aliphatic hydroxyl groups is 5. The molecule has 0 saturated carbocycles. The molecule has 9 heteroatoms. The summed E-state index contributed by atoms with van der Waals surface area (Å²) < 4.78 is 11.3. The third-order valence-electron chi connectivity index (χ3n) is 15.6. The SMILES string of the molecule is CC/C=C\C/C=C\C/C=C\C/C=C\C/C=C\CCCCCCCCCCCCCCCCCCCCCCCCCCCC(=O)NC(COC1OC(CO)C(O)C(O)C1O)C(O)CCCCCCCCCCCCCCC. The third kappa shape index (κ3) is 46.2. The van der Waals surface area contributed by atoms with E-state index < -0.39 is 49.5 Å². The number of hydrogen-bond acceptors (Lipinski definition) is 8. The molecular weight excluding hydrogens is 959 g/mol. The smallest absolute Gasteiger partial charge is 0.220 e. The molecule has 0 spiro atoms. The molecule has 0 aliphatic carbocycles. The first-order valence-corrected chi connectivity index (χ1v) is 33.0. The molecule has 77 heavy (non-hydrogen) atoms. The van der Waals surface area contributed by atoms with Crippen LogP contribution in [0.1, 0.15) is 309 Å². The summed E-state index contributed by atoms with van der Waals surface area (Å²) in [6.07, 6.45) is 71.6. The van der Waals surface area contributed by atoms with Crippen LogP contribution in [-0.4, -0.2) is 87.5 Å². The normalized spacial score (nSPS) is 19.1. The summed E-state index contributed by atoms with van der Waals surface area (Å²) in [5, 5.41) is 54.7. The van der Waals surface area contributed by atoms with Gasteiger partial charge in [-0.05, 0) is 57.8 Å². The van der Waals surface area contributed by atoms with Crippen LogP contribution < -0.4 is 5.32 Å². The lowest BCUT2D eigenvalue weighted by Crippen LogP contribution is -2.60. The van der Waals surface area contributed by atoms with Crippen molar-refractivity contribution < 1.29 is 39.8 Å². The fourth-order valence-corrected chi connectivity index (χ4v) is 10.5. The van der Waals surface area contributed by atoms with Gasteiger partial charge in [-0.3, -0.25) is 4.79 Å². The summed E-state index contributed by atoms with van der Waals surface area (Å²) in [5.41, 5.74) is 0. The van der Waals surface area contributed by atoms with Gasteiger partial charge in [-0.1, -0.05) is 306 Å². The van der Waals surface area contributed by atoms with Crippen LogP contribution in [0.25, 0.3) is 0 Å². The van der Waals surface area contributed by atoms with Gasteiger partial charge in [-0.2, -0.15) is 0 Å². The number of carbonyl (C=O) groups excluding carboxylic acids is 1. The van der Waals surface area contributed by atoms with Gasteiger partial charge in [-0.15, -0.1) is 0 Å². The molecule has 7 unspecified atom stereocenters. The third-order valence-corrected chi connectivity index (χ3v) is 15.6. The van der Waals surface area contributed by atoms with E-state index in [1.54, 1.807) is 0 Å². The second-order valence-corrected chi connectivity index (χ2v) is 22.9. The maximum Gasteiger partial charge on any atom is 0.220 e. The molecule has 0 aromatic heterocycles. The van der Waals surface area contributed by atoms with Gasteiger partial charge in [0, 0.05) is 6.42 Å². The lowest BCUT2D eigenvalue weighted by molar-refractivity contribution is -0.302. The Morgan fingerprint density at radius 3 is 1.19 bits per heavy atom. The molecule has 1 amide bonds. The Hall–Kier alpha value is -2.11. The molecule has 1 aliphatic rings. The zero-order chi connectivity index (χ0) is 55.8. The van der Waals surface area contributed by atoms with E-state index >= 15 is 0 Å². The Labute approximate surface area is 475 Å². The topological polar surface area (TPSA) is 149 Å². The summed E-state index contributed by atoms with van der Waals surface area (Å²) in [4.78, 5) is 13.1. The molecule has 0 aromatic rings. The van der Waals surface area contributed by atoms with E-state index in [4.69, 9.17) is 9.47 Å². The van der Waals surface area contributed by atoms with Crippen molar-refractivity contribution >= 4 is 5.91 Å². The predicted molar refractivity (Wildman–Crippen MR) is 327 cm³/mol. The molecular formula is C68H125NO8. The average molecular weight is 1080 g/mol. The minimum atomic E-state index is -1.55. The lowest BCUT2D eigenvalue weighted by atomic mass is 9.99. The number of nitrogens with one attached hydrogen (secondary N) is 1. The van der Waals surface area contributed by atoms with E-state index in [-0.39, 0.29) is 12.5 Å². The quantitative estimate of drug-likeness (QED) is 0.0261. The van der Waals surface area contributed by atoms with Crippen molar-refractivity contribution in [3.63, 3.8) is 0 Å². The number of hydrogen-bond donors (Lipinski definition) is 6. The van der Waals surface area contributed by atoms with E-state index in [2.05, 4.69) is 79.9 Å². The van der Waals surface area contributed by atoms with Crippen LogP contribution in [0.4, 0.5) is 0 Å². The Morgan fingerprint density at radius 2 is 0.805 bits per heavy atom. The van der Waals surface area contributed by atoms with E-state index in [9.17, 15) is 30.3 Å². The zero-order valence-corrected chi connectivity index (χ0v) is 50.2. The molecule has 0 radical (unpaired) electrons. The first-order valence-electron chi connectivity index (χ1n) is 33.0. The van der Waals surface area contributed by atoms with Crippen molar-refractivity contribution in [2.75, 3.05) is 13.2 Å².